The lowest BCUT2D eigenvalue weighted by atomic mass is 10.1. The summed E-state index contributed by atoms with van der Waals surface area (Å²) in [6.45, 7) is 1.50. The minimum absolute atomic E-state index is 0.0752. The van der Waals surface area contributed by atoms with Crippen molar-refractivity contribution in [1.82, 2.24) is 0 Å². The van der Waals surface area contributed by atoms with Crippen molar-refractivity contribution in [3.63, 3.8) is 0 Å². The van der Waals surface area contributed by atoms with E-state index in [4.69, 9.17) is 0 Å². The van der Waals surface area contributed by atoms with Gasteiger partial charge in [0.15, 0.2) is 0 Å². The molecule has 0 bridgehead atoms. The lowest BCUT2D eigenvalue weighted by Crippen LogP contribution is -2.07. The third-order valence-electron chi connectivity index (χ3n) is 4.05. The van der Waals surface area contributed by atoms with E-state index in [9.17, 15) is 4.79 Å². The first kappa shape index (κ1) is 18.3. The first-order valence-corrected chi connectivity index (χ1v) is 8.68. The van der Waals surface area contributed by atoms with E-state index in [1.807, 2.05) is 91.8 Å². The van der Waals surface area contributed by atoms with Crippen LogP contribution in [-0.4, -0.2) is 20.0 Å². The Bertz CT molecular complexity index is 928. The van der Waals surface area contributed by atoms with E-state index in [0.717, 1.165) is 33.9 Å². The average Bonchev–Trinajstić information content (AvgIpc) is 2.67. The molecule has 0 saturated carbocycles. The fourth-order valence-corrected chi connectivity index (χ4v) is 2.60. The SMILES string of the molecule is CC(=O)Nc1ccc(-c2ccc(/N=N/c3ccc(N(C)C)cc3)cc2)cc1. The molecule has 27 heavy (non-hydrogen) atoms. The topological polar surface area (TPSA) is 57.1 Å². The summed E-state index contributed by atoms with van der Waals surface area (Å²) in [4.78, 5) is 13.1. The Labute approximate surface area is 159 Å². The van der Waals surface area contributed by atoms with Crippen molar-refractivity contribution >= 4 is 28.7 Å². The Morgan fingerprint density at radius 3 is 1.63 bits per heavy atom. The normalized spacial score (nSPS) is 10.8. The van der Waals surface area contributed by atoms with Gasteiger partial charge in [-0.1, -0.05) is 24.3 Å². The minimum Gasteiger partial charge on any atom is -0.378 e. The Morgan fingerprint density at radius 1 is 0.741 bits per heavy atom. The highest BCUT2D eigenvalue weighted by atomic mass is 16.1. The van der Waals surface area contributed by atoms with Crippen LogP contribution in [0.4, 0.5) is 22.7 Å². The predicted octanol–water partition coefficient (Wildman–Crippen LogP) is 5.79. The summed E-state index contributed by atoms with van der Waals surface area (Å²) >= 11 is 0. The van der Waals surface area contributed by atoms with E-state index in [-0.39, 0.29) is 5.91 Å². The molecule has 0 aliphatic carbocycles. The zero-order valence-electron chi connectivity index (χ0n) is 15.7. The van der Waals surface area contributed by atoms with E-state index < -0.39 is 0 Å². The maximum absolute atomic E-state index is 11.1. The fraction of sp³-hybridized carbons (Fsp3) is 0.136. The Morgan fingerprint density at radius 2 is 1.19 bits per heavy atom. The van der Waals surface area contributed by atoms with Gasteiger partial charge in [0, 0.05) is 32.4 Å². The Balaban J connectivity index is 1.68. The second kappa shape index (κ2) is 8.27. The first-order chi connectivity index (χ1) is 13.0. The molecule has 3 rings (SSSR count). The van der Waals surface area contributed by atoms with Crippen molar-refractivity contribution in [2.45, 2.75) is 6.92 Å². The van der Waals surface area contributed by atoms with Crippen LogP contribution in [0.3, 0.4) is 0 Å². The Kier molecular flexibility index (Phi) is 5.61. The van der Waals surface area contributed by atoms with Crippen LogP contribution in [0.1, 0.15) is 6.92 Å². The molecule has 0 heterocycles. The number of hydrogen-bond acceptors (Lipinski definition) is 4. The van der Waals surface area contributed by atoms with Crippen molar-refractivity contribution in [2.24, 2.45) is 10.2 Å². The maximum Gasteiger partial charge on any atom is 0.221 e. The number of azo groups is 1. The van der Waals surface area contributed by atoms with Crippen molar-refractivity contribution in [3.05, 3.63) is 72.8 Å². The molecule has 1 N–H and O–H groups in total. The summed E-state index contributed by atoms with van der Waals surface area (Å²) in [5.74, 6) is -0.0752. The molecule has 5 nitrogen and oxygen atoms in total. The number of carbonyl (C=O) groups is 1. The first-order valence-electron chi connectivity index (χ1n) is 8.68. The fourth-order valence-electron chi connectivity index (χ4n) is 2.60. The van der Waals surface area contributed by atoms with Crippen molar-refractivity contribution in [1.29, 1.82) is 0 Å². The van der Waals surface area contributed by atoms with Crippen LogP contribution in [0.25, 0.3) is 11.1 Å². The van der Waals surface area contributed by atoms with Crippen LogP contribution in [0, 0.1) is 0 Å². The van der Waals surface area contributed by atoms with E-state index in [2.05, 4.69) is 15.5 Å². The van der Waals surface area contributed by atoms with Gasteiger partial charge in [0.1, 0.15) is 0 Å². The number of benzene rings is 3. The van der Waals surface area contributed by atoms with E-state index in [0.29, 0.717) is 0 Å². The molecule has 0 radical (unpaired) electrons. The van der Waals surface area contributed by atoms with Crippen LogP contribution >= 0.6 is 0 Å². The third-order valence-corrected chi connectivity index (χ3v) is 4.05. The largest absolute Gasteiger partial charge is 0.378 e. The van der Waals surface area contributed by atoms with E-state index in [1.165, 1.54) is 6.92 Å². The summed E-state index contributed by atoms with van der Waals surface area (Å²) in [7, 11) is 4.01. The highest BCUT2D eigenvalue weighted by molar-refractivity contribution is 5.89. The average molecular weight is 358 g/mol. The van der Waals surface area contributed by atoms with Crippen molar-refractivity contribution in [2.75, 3.05) is 24.3 Å². The van der Waals surface area contributed by atoms with Gasteiger partial charge >= 0.3 is 0 Å². The van der Waals surface area contributed by atoms with Gasteiger partial charge in [-0.15, -0.1) is 0 Å². The van der Waals surface area contributed by atoms with Gasteiger partial charge in [-0.2, -0.15) is 10.2 Å². The molecule has 0 unspecified atom stereocenters. The highest BCUT2D eigenvalue weighted by Gasteiger charge is 2.00. The van der Waals surface area contributed by atoms with Crippen molar-refractivity contribution < 1.29 is 4.79 Å². The molecule has 0 atom stereocenters. The smallest absolute Gasteiger partial charge is 0.221 e. The number of carbonyl (C=O) groups excluding carboxylic acids is 1. The van der Waals surface area contributed by atoms with E-state index in [1.54, 1.807) is 0 Å². The molecule has 3 aromatic carbocycles. The zero-order chi connectivity index (χ0) is 19.2. The maximum atomic E-state index is 11.1. The molecule has 0 aliphatic heterocycles. The quantitative estimate of drug-likeness (QED) is 0.587. The molecule has 0 spiro atoms. The number of nitrogens with one attached hydrogen (secondary N) is 1. The highest BCUT2D eigenvalue weighted by Crippen LogP contribution is 2.26. The van der Waals surface area contributed by atoms with Crippen LogP contribution < -0.4 is 10.2 Å². The number of rotatable bonds is 5. The monoisotopic (exact) mass is 358 g/mol. The molecule has 0 aliphatic rings. The van der Waals surface area contributed by atoms with Crippen LogP contribution in [-0.2, 0) is 4.79 Å². The Hall–Kier alpha value is -3.47. The number of anilines is 2. The van der Waals surface area contributed by atoms with Gasteiger partial charge in [0.25, 0.3) is 0 Å². The predicted molar refractivity (Wildman–Crippen MR) is 111 cm³/mol. The lowest BCUT2D eigenvalue weighted by molar-refractivity contribution is -0.114. The molecular formula is C22H22N4O. The molecule has 1 amide bonds. The summed E-state index contributed by atoms with van der Waals surface area (Å²) in [6, 6.07) is 23.6. The lowest BCUT2D eigenvalue weighted by Gasteiger charge is -2.11. The number of hydrogen-bond donors (Lipinski definition) is 1. The van der Waals surface area contributed by atoms with Crippen LogP contribution in [0.15, 0.2) is 83.0 Å². The summed E-state index contributed by atoms with van der Waals surface area (Å²) in [5.41, 5.74) is 5.69. The van der Waals surface area contributed by atoms with Crippen molar-refractivity contribution in [3.8, 4) is 11.1 Å². The molecule has 3 aromatic rings. The van der Waals surface area contributed by atoms with Crippen LogP contribution in [0.5, 0.6) is 0 Å². The van der Waals surface area contributed by atoms with Gasteiger partial charge < -0.3 is 10.2 Å². The molecule has 0 saturated heterocycles. The van der Waals surface area contributed by atoms with Gasteiger partial charge in [-0.05, 0) is 59.7 Å². The molecule has 5 heteroatoms. The minimum atomic E-state index is -0.0752. The van der Waals surface area contributed by atoms with Crippen LogP contribution in [0.2, 0.25) is 0 Å². The molecule has 0 aromatic heterocycles. The number of nitrogens with zero attached hydrogens (tertiary/aromatic N) is 3. The van der Waals surface area contributed by atoms with E-state index >= 15 is 0 Å². The van der Waals surface area contributed by atoms with Gasteiger partial charge in [0.2, 0.25) is 5.91 Å². The standard InChI is InChI=1S/C22H22N4O/c1-16(27)23-19-8-4-17(5-9-19)18-6-10-20(11-7-18)24-25-21-12-14-22(15-13-21)26(2)3/h4-15H,1-3H3,(H,23,27)/b25-24+. The molecular weight excluding hydrogens is 336 g/mol. The van der Waals surface area contributed by atoms with Gasteiger partial charge in [-0.3, -0.25) is 4.79 Å². The second-order valence-electron chi connectivity index (χ2n) is 6.42. The number of amides is 1. The second-order valence-corrected chi connectivity index (χ2v) is 6.42. The summed E-state index contributed by atoms with van der Waals surface area (Å²) < 4.78 is 0. The van der Waals surface area contributed by atoms with Gasteiger partial charge in [-0.25, -0.2) is 0 Å². The summed E-state index contributed by atoms with van der Waals surface area (Å²) in [6.07, 6.45) is 0. The third kappa shape index (κ3) is 5.01. The molecule has 136 valence electrons. The summed E-state index contributed by atoms with van der Waals surface area (Å²) in [5, 5.41) is 11.3. The zero-order valence-corrected chi connectivity index (χ0v) is 15.7. The van der Waals surface area contributed by atoms with Gasteiger partial charge in [0.05, 0.1) is 11.4 Å². The molecule has 0 fully saturated rings.